The van der Waals surface area contributed by atoms with Crippen LogP contribution in [0.15, 0.2) is 243 Å². The topological polar surface area (TPSA) is 3.24 Å². The quantitative estimate of drug-likeness (QED) is 0.145. The van der Waals surface area contributed by atoms with Crippen LogP contribution in [0.3, 0.4) is 0 Å². The molecule has 0 spiro atoms. The first-order chi connectivity index (χ1) is 30.7. The van der Waals surface area contributed by atoms with Crippen LogP contribution in [0.1, 0.15) is 27.8 Å². The second-order valence-electron chi connectivity index (χ2n) is 16.9. The average Bonchev–Trinajstić information content (AvgIpc) is 3.81. The van der Waals surface area contributed by atoms with Gasteiger partial charge in [-0.15, -0.1) is 0 Å². The lowest BCUT2D eigenvalue weighted by Crippen LogP contribution is -2.72. The molecule has 0 saturated carbocycles. The summed E-state index contributed by atoms with van der Waals surface area (Å²) in [7, 11) is -2.78. The first-order valence-corrected chi connectivity index (χ1v) is 23.7. The third-order valence-corrected chi connectivity index (χ3v) is 18.4. The molecule has 1 aliphatic carbocycles. The summed E-state index contributed by atoms with van der Waals surface area (Å²) in [4.78, 5) is 2.52. The minimum Gasteiger partial charge on any atom is -0.310 e. The fourth-order valence-corrected chi connectivity index (χ4v) is 16.5. The molecule has 0 amide bonds. The molecule has 0 N–H and O–H groups in total. The Kier molecular flexibility index (Phi) is 8.38. The number of hydrogen-bond donors (Lipinski definition) is 0. The van der Waals surface area contributed by atoms with Gasteiger partial charge in [-0.3, -0.25) is 0 Å². The van der Waals surface area contributed by atoms with Crippen molar-refractivity contribution in [3.05, 3.63) is 270 Å². The molecule has 62 heavy (non-hydrogen) atoms. The van der Waals surface area contributed by atoms with Crippen molar-refractivity contribution in [2.24, 2.45) is 0 Å². The Morgan fingerprint density at radius 3 is 1.53 bits per heavy atom. The van der Waals surface area contributed by atoms with E-state index in [1.54, 1.807) is 0 Å². The van der Waals surface area contributed by atoms with Gasteiger partial charge in [0, 0.05) is 17.1 Å². The minimum absolute atomic E-state index is 0.515. The summed E-state index contributed by atoms with van der Waals surface area (Å²) < 4.78 is 0. The summed E-state index contributed by atoms with van der Waals surface area (Å²) in [6.45, 7) is 2.28. The fraction of sp³-hybridized carbons (Fsp3) is 0.0333. The standard InChI is InChI=1S/C60H43NSi/c1-42-37-49(40-51(38-42)62(50-25-9-4-10-26-50)58-31-17-14-28-54(58)55-29-15-18-32-59(55)62)61(47-34-33-43-19-11-12-20-44(43)39-47)48-35-36-53-52-27-13-16-30-56(52)60(57(53)41-48,45-21-5-2-6-22-45)46-23-7-3-8-24-46/h2-41H,1H3. The first-order valence-electron chi connectivity index (χ1n) is 21.7. The summed E-state index contributed by atoms with van der Waals surface area (Å²) in [5.41, 5.74) is 14.5. The zero-order valence-corrected chi connectivity index (χ0v) is 35.5. The minimum atomic E-state index is -2.78. The third kappa shape index (κ3) is 5.27. The van der Waals surface area contributed by atoms with Gasteiger partial charge in [0.15, 0.2) is 8.07 Å². The number of rotatable bonds is 7. The lowest BCUT2D eigenvalue weighted by atomic mass is 9.67. The van der Waals surface area contributed by atoms with Crippen molar-refractivity contribution in [3.8, 4) is 22.3 Å². The first kappa shape index (κ1) is 36.3. The normalized spacial score (nSPS) is 13.8. The predicted octanol–water partition coefficient (Wildman–Crippen LogP) is 12.3. The largest absolute Gasteiger partial charge is 0.310 e. The molecule has 1 nitrogen and oxygen atoms in total. The highest BCUT2D eigenvalue weighted by Gasteiger charge is 2.49. The molecule has 0 aromatic heterocycles. The van der Waals surface area contributed by atoms with E-state index in [1.807, 2.05) is 0 Å². The smallest absolute Gasteiger partial charge is 0.180 e. The van der Waals surface area contributed by atoms with Gasteiger partial charge < -0.3 is 4.90 Å². The van der Waals surface area contributed by atoms with Crippen molar-refractivity contribution >= 4 is 56.7 Å². The summed E-state index contributed by atoms with van der Waals surface area (Å²) in [6.07, 6.45) is 0. The number of nitrogens with zero attached hydrogens (tertiary/aromatic N) is 1. The van der Waals surface area contributed by atoms with Crippen molar-refractivity contribution in [2.75, 3.05) is 4.90 Å². The van der Waals surface area contributed by atoms with Crippen molar-refractivity contribution in [2.45, 2.75) is 12.3 Å². The number of benzene rings is 10. The molecule has 2 heteroatoms. The van der Waals surface area contributed by atoms with Crippen LogP contribution in [0, 0.1) is 6.92 Å². The highest BCUT2D eigenvalue weighted by Crippen LogP contribution is 2.57. The highest BCUT2D eigenvalue weighted by atomic mass is 28.3. The molecule has 1 heterocycles. The SMILES string of the molecule is Cc1cc(N(c2ccc3c(c2)C(c2ccccc2)(c2ccccc2)c2ccccc2-3)c2ccc3ccccc3c2)cc([Si]2(c3ccccc3)c3ccccc3-c3ccccc32)c1. The summed E-state index contributed by atoms with van der Waals surface area (Å²) >= 11 is 0. The molecule has 0 bridgehead atoms. The van der Waals surface area contributed by atoms with Crippen LogP contribution < -0.4 is 25.6 Å². The van der Waals surface area contributed by atoms with Gasteiger partial charge in [-0.05, 0) is 125 Å². The Bertz CT molecular complexity index is 3230. The molecule has 0 atom stereocenters. The Morgan fingerprint density at radius 2 is 0.855 bits per heavy atom. The maximum Gasteiger partial charge on any atom is 0.180 e. The molecule has 0 saturated heterocycles. The van der Waals surface area contributed by atoms with Crippen molar-refractivity contribution in [1.82, 2.24) is 0 Å². The van der Waals surface area contributed by atoms with E-state index in [0.29, 0.717) is 0 Å². The molecule has 1 aliphatic heterocycles. The van der Waals surface area contributed by atoms with Crippen molar-refractivity contribution in [1.29, 1.82) is 0 Å². The molecule has 10 aromatic rings. The molecule has 12 rings (SSSR count). The average molecular weight is 806 g/mol. The van der Waals surface area contributed by atoms with Gasteiger partial charge in [-0.2, -0.15) is 0 Å². The lowest BCUT2D eigenvalue weighted by Gasteiger charge is -2.35. The summed E-state index contributed by atoms with van der Waals surface area (Å²) in [5, 5.41) is 8.13. The number of anilines is 3. The van der Waals surface area contributed by atoms with Gasteiger partial charge in [0.2, 0.25) is 0 Å². The van der Waals surface area contributed by atoms with E-state index in [1.165, 1.54) is 81.6 Å². The van der Waals surface area contributed by atoms with E-state index in [2.05, 4.69) is 254 Å². The zero-order valence-electron chi connectivity index (χ0n) is 34.5. The van der Waals surface area contributed by atoms with Crippen LogP contribution in [0.4, 0.5) is 17.1 Å². The van der Waals surface area contributed by atoms with E-state index >= 15 is 0 Å². The molecule has 0 radical (unpaired) electrons. The van der Waals surface area contributed by atoms with Crippen LogP contribution in [0.5, 0.6) is 0 Å². The maximum absolute atomic E-state index is 2.78. The second kappa shape index (κ2) is 14.3. The van der Waals surface area contributed by atoms with Gasteiger partial charge in [0.05, 0.1) is 5.41 Å². The Hall–Kier alpha value is -7.52. The van der Waals surface area contributed by atoms with Gasteiger partial charge in [0.25, 0.3) is 0 Å². The van der Waals surface area contributed by atoms with Gasteiger partial charge in [-0.25, -0.2) is 0 Å². The number of fused-ring (bicyclic) bond motifs is 7. The Balaban J connectivity index is 1.15. The van der Waals surface area contributed by atoms with E-state index in [4.69, 9.17) is 0 Å². The van der Waals surface area contributed by atoms with Gasteiger partial charge in [-0.1, -0.05) is 206 Å². The van der Waals surface area contributed by atoms with Gasteiger partial charge >= 0.3 is 0 Å². The van der Waals surface area contributed by atoms with Crippen LogP contribution >= 0.6 is 0 Å². The maximum atomic E-state index is 2.53. The zero-order chi connectivity index (χ0) is 41.3. The monoisotopic (exact) mass is 805 g/mol. The van der Waals surface area contributed by atoms with Crippen molar-refractivity contribution in [3.63, 3.8) is 0 Å². The number of hydrogen-bond acceptors (Lipinski definition) is 1. The molecular weight excluding hydrogens is 763 g/mol. The highest BCUT2D eigenvalue weighted by molar-refractivity contribution is 7.22. The van der Waals surface area contributed by atoms with Crippen LogP contribution in [-0.4, -0.2) is 8.07 Å². The lowest BCUT2D eigenvalue weighted by molar-refractivity contribution is 0.768. The second-order valence-corrected chi connectivity index (χ2v) is 20.6. The molecule has 0 unspecified atom stereocenters. The van der Waals surface area contributed by atoms with Crippen LogP contribution in [0.2, 0.25) is 0 Å². The fourth-order valence-electron chi connectivity index (χ4n) is 11.2. The molecule has 2 aliphatic rings. The van der Waals surface area contributed by atoms with E-state index < -0.39 is 13.5 Å². The number of aryl methyl sites for hydroxylation is 1. The molecule has 292 valence electrons. The molecule has 0 fully saturated rings. The van der Waals surface area contributed by atoms with Gasteiger partial charge in [0.1, 0.15) is 0 Å². The Morgan fingerprint density at radius 1 is 0.339 bits per heavy atom. The van der Waals surface area contributed by atoms with E-state index in [0.717, 1.165) is 17.1 Å². The third-order valence-electron chi connectivity index (χ3n) is 13.6. The van der Waals surface area contributed by atoms with Crippen molar-refractivity contribution < 1.29 is 0 Å². The van der Waals surface area contributed by atoms with E-state index in [9.17, 15) is 0 Å². The van der Waals surface area contributed by atoms with E-state index in [-0.39, 0.29) is 0 Å². The van der Waals surface area contributed by atoms with Crippen LogP contribution in [0.25, 0.3) is 33.0 Å². The molecular formula is C60H43NSi. The predicted molar refractivity (Wildman–Crippen MR) is 263 cm³/mol. The summed E-state index contributed by atoms with van der Waals surface area (Å²) in [6, 6.07) is 91.3. The van der Waals surface area contributed by atoms with Crippen LogP contribution in [-0.2, 0) is 5.41 Å². The Labute approximate surface area is 364 Å². The summed E-state index contributed by atoms with van der Waals surface area (Å²) in [5.74, 6) is 0. The molecule has 10 aromatic carbocycles.